The Kier molecular flexibility index (Phi) is 7.65. The fourth-order valence-electron chi connectivity index (χ4n) is 3.67. The summed E-state index contributed by atoms with van der Waals surface area (Å²) < 4.78 is 47.1. The third kappa shape index (κ3) is 5.34. The van der Waals surface area contributed by atoms with Gasteiger partial charge in [-0.15, -0.1) is 0 Å². The molecule has 0 aliphatic carbocycles. The smallest absolute Gasteiger partial charge is 0.244 e. The van der Waals surface area contributed by atoms with E-state index in [9.17, 15) is 17.9 Å². The Morgan fingerprint density at radius 1 is 1.28 bits per heavy atom. The molecule has 0 saturated carbocycles. The lowest BCUT2D eigenvalue weighted by Crippen LogP contribution is -2.64. The quantitative estimate of drug-likeness (QED) is 0.567. The molecule has 172 valence electrons. The number of aliphatic hydroxyl groups is 1. The van der Waals surface area contributed by atoms with E-state index < -0.39 is 21.3 Å². The predicted molar refractivity (Wildman–Crippen MR) is 119 cm³/mol. The maximum absolute atomic E-state index is 13.9. The summed E-state index contributed by atoms with van der Waals surface area (Å²) >= 11 is 12.0. The molecule has 0 radical (unpaired) electrons. The van der Waals surface area contributed by atoms with Gasteiger partial charge in [-0.2, -0.15) is 9.57 Å². The van der Waals surface area contributed by atoms with Crippen molar-refractivity contribution in [2.75, 3.05) is 46.4 Å². The predicted octanol–water partition coefficient (Wildman–Crippen LogP) is 3.00. The van der Waals surface area contributed by atoms with E-state index in [-0.39, 0.29) is 47.5 Å². The molecule has 0 amide bonds. The molecule has 0 unspecified atom stereocenters. The maximum atomic E-state index is 13.9. The van der Waals surface area contributed by atoms with E-state index in [1.54, 1.807) is 6.07 Å². The number of aliphatic hydroxyl groups excluding tert-OH is 1. The van der Waals surface area contributed by atoms with Crippen LogP contribution >= 0.6 is 23.2 Å². The van der Waals surface area contributed by atoms with Gasteiger partial charge in [-0.25, -0.2) is 12.8 Å². The van der Waals surface area contributed by atoms with Crippen LogP contribution in [-0.2, 0) is 10.0 Å². The van der Waals surface area contributed by atoms with Crippen molar-refractivity contribution in [3.05, 3.63) is 57.8 Å². The number of benzene rings is 2. The number of nitrogens with zero attached hydrogens (tertiary/aromatic N) is 3. The van der Waals surface area contributed by atoms with Crippen LogP contribution in [-0.4, -0.2) is 69.2 Å². The van der Waals surface area contributed by atoms with E-state index >= 15 is 0 Å². The molecule has 0 atom stereocenters. The van der Waals surface area contributed by atoms with E-state index in [0.717, 1.165) is 6.07 Å². The number of ether oxygens (including phenoxy) is 1. The first-order valence-corrected chi connectivity index (χ1v) is 11.9. The molecule has 1 aliphatic heterocycles. The molecule has 3 rings (SSSR count). The third-order valence-corrected chi connectivity index (χ3v) is 7.74. The molecule has 0 aromatic heterocycles. The highest BCUT2D eigenvalue weighted by molar-refractivity contribution is 7.89. The van der Waals surface area contributed by atoms with Gasteiger partial charge in [0.2, 0.25) is 10.0 Å². The average molecular weight is 502 g/mol. The summed E-state index contributed by atoms with van der Waals surface area (Å²) in [6, 6.07) is 9.91. The van der Waals surface area contributed by atoms with Gasteiger partial charge in [-0.1, -0.05) is 23.2 Å². The highest BCUT2D eigenvalue weighted by Crippen LogP contribution is 2.38. The summed E-state index contributed by atoms with van der Waals surface area (Å²) in [5.74, 6) is -0.445. The van der Waals surface area contributed by atoms with Gasteiger partial charge in [0.1, 0.15) is 22.5 Å². The van der Waals surface area contributed by atoms with Gasteiger partial charge < -0.3 is 14.7 Å². The van der Waals surface area contributed by atoms with Crippen molar-refractivity contribution in [1.82, 2.24) is 9.21 Å². The molecule has 1 saturated heterocycles. The van der Waals surface area contributed by atoms with Crippen LogP contribution in [0.2, 0.25) is 10.0 Å². The number of halogens is 3. The van der Waals surface area contributed by atoms with Gasteiger partial charge >= 0.3 is 0 Å². The zero-order valence-corrected chi connectivity index (χ0v) is 19.6. The SMILES string of the molecule is CN(CCO)CC1(COc2ccc(C#N)c(F)c2)CN(S(=O)(=O)c2ccc(Cl)cc2Cl)C1. The fraction of sp³-hybridized carbons (Fsp3) is 0.381. The zero-order valence-electron chi connectivity index (χ0n) is 17.3. The molecule has 0 spiro atoms. The molecule has 7 nitrogen and oxygen atoms in total. The van der Waals surface area contributed by atoms with Crippen LogP contribution in [0.15, 0.2) is 41.3 Å². The van der Waals surface area contributed by atoms with Gasteiger partial charge in [0.15, 0.2) is 0 Å². The summed E-state index contributed by atoms with van der Waals surface area (Å²) in [6.07, 6.45) is 0. The first-order valence-electron chi connectivity index (χ1n) is 9.67. The van der Waals surface area contributed by atoms with Crippen LogP contribution in [0.4, 0.5) is 4.39 Å². The Labute approximate surface area is 196 Å². The van der Waals surface area contributed by atoms with Crippen molar-refractivity contribution < 1.29 is 22.7 Å². The molecular weight excluding hydrogens is 480 g/mol. The minimum atomic E-state index is -3.84. The molecule has 1 aliphatic rings. The number of likely N-dealkylation sites (N-methyl/N-ethyl adjacent to an activating group) is 1. The number of rotatable bonds is 9. The second-order valence-corrected chi connectivity index (χ2v) is 10.6. The van der Waals surface area contributed by atoms with Crippen molar-refractivity contribution in [3.8, 4) is 11.8 Å². The van der Waals surface area contributed by atoms with Gasteiger partial charge in [-0.05, 0) is 37.4 Å². The summed E-state index contributed by atoms with van der Waals surface area (Å²) in [6.45, 7) is 1.24. The minimum absolute atomic E-state index is 0.0315. The number of sulfonamides is 1. The van der Waals surface area contributed by atoms with E-state index in [1.807, 2.05) is 11.9 Å². The van der Waals surface area contributed by atoms with Gasteiger partial charge in [0.25, 0.3) is 0 Å². The lowest BCUT2D eigenvalue weighted by Gasteiger charge is -2.50. The standard InChI is InChI=1S/C21H22Cl2FN3O4S/c1-26(6-7-28)11-21(14-31-17-4-2-15(10-25)19(24)9-17)12-27(13-21)32(29,30)20-5-3-16(22)8-18(20)23/h2-5,8-9,28H,6-7,11-14H2,1H3. The topological polar surface area (TPSA) is 93.9 Å². The molecule has 2 aromatic rings. The summed E-state index contributed by atoms with van der Waals surface area (Å²) in [7, 11) is -2.03. The normalized spacial score (nSPS) is 15.9. The van der Waals surface area contributed by atoms with E-state index in [4.69, 9.17) is 33.2 Å². The van der Waals surface area contributed by atoms with Crippen molar-refractivity contribution in [2.24, 2.45) is 5.41 Å². The van der Waals surface area contributed by atoms with Crippen LogP contribution < -0.4 is 4.74 Å². The summed E-state index contributed by atoms with van der Waals surface area (Å²) in [4.78, 5) is 1.85. The lowest BCUT2D eigenvalue weighted by molar-refractivity contribution is -0.00881. The number of hydrogen-bond acceptors (Lipinski definition) is 6. The Balaban J connectivity index is 1.77. The van der Waals surface area contributed by atoms with E-state index in [2.05, 4.69) is 0 Å². The van der Waals surface area contributed by atoms with Crippen LogP contribution in [0.5, 0.6) is 5.75 Å². The lowest BCUT2D eigenvalue weighted by atomic mass is 9.82. The van der Waals surface area contributed by atoms with Crippen LogP contribution in [0.1, 0.15) is 5.56 Å². The highest BCUT2D eigenvalue weighted by Gasteiger charge is 2.50. The largest absolute Gasteiger partial charge is 0.493 e. The average Bonchev–Trinajstić information content (AvgIpc) is 2.69. The Bertz CT molecular complexity index is 1130. The zero-order chi connectivity index (χ0) is 23.5. The first kappa shape index (κ1) is 24.7. The second kappa shape index (κ2) is 9.91. The molecular formula is C21H22Cl2FN3O4S. The van der Waals surface area contributed by atoms with Crippen molar-refractivity contribution in [1.29, 1.82) is 5.26 Å². The summed E-state index contributed by atoms with van der Waals surface area (Å²) in [5.41, 5.74) is -0.671. The molecule has 32 heavy (non-hydrogen) atoms. The molecule has 1 N–H and O–H groups in total. The Hall–Kier alpha value is -1.93. The molecule has 2 aromatic carbocycles. The van der Waals surface area contributed by atoms with Crippen molar-refractivity contribution in [3.63, 3.8) is 0 Å². The van der Waals surface area contributed by atoms with Crippen molar-refractivity contribution in [2.45, 2.75) is 4.90 Å². The Morgan fingerprint density at radius 3 is 2.59 bits per heavy atom. The van der Waals surface area contributed by atoms with Crippen molar-refractivity contribution >= 4 is 33.2 Å². The molecule has 1 heterocycles. The molecule has 0 bridgehead atoms. The van der Waals surface area contributed by atoms with Gasteiger partial charge in [0, 0.05) is 42.7 Å². The molecule has 11 heteroatoms. The highest BCUT2D eigenvalue weighted by atomic mass is 35.5. The van der Waals surface area contributed by atoms with Gasteiger partial charge in [-0.3, -0.25) is 0 Å². The van der Waals surface area contributed by atoms with Crippen LogP contribution in [0.3, 0.4) is 0 Å². The Morgan fingerprint density at radius 2 is 2.00 bits per heavy atom. The van der Waals surface area contributed by atoms with E-state index in [1.165, 1.54) is 34.6 Å². The minimum Gasteiger partial charge on any atom is -0.493 e. The summed E-state index contributed by atoms with van der Waals surface area (Å²) in [5, 5.41) is 18.5. The number of nitriles is 1. The third-order valence-electron chi connectivity index (χ3n) is 5.23. The molecule has 1 fully saturated rings. The monoisotopic (exact) mass is 501 g/mol. The fourth-order valence-corrected chi connectivity index (χ4v) is 6.08. The number of hydrogen-bond donors (Lipinski definition) is 1. The second-order valence-electron chi connectivity index (χ2n) is 7.85. The van der Waals surface area contributed by atoms with E-state index in [0.29, 0.717) is 18.1 Å². The maximum Gasteiger partial charge on any atom is 0.244 e. The van der Waals surface area contributed by atoms with Crippen LogP contribution in [0.25, 0.3) is 0 Å². The van der Waals surface area contributed by atoms with Gasteiger partial charge in [0.05, 0.1) is 23.8 Å². The van der Waals surface area contributed by atoms with Crippen LogP contribution in [0, 0.1) is 22.6 Å². The first-order chi connectivity index (χ1) is 15.1.